The van der Waals surface area contributed by atoms with Gasteiger partial charge in [-0.05, 0) is 84.2 Å². The molecule has 0 aliphatic heterocycles. The largest absolute Gasteiger partial charge is 0.483 e. The van der Waals surface area contributed by atoms with Crippen LogP contribution in [0, 0.1) is 13.8 Å². The van der Waals surface area contributed by atoms with Gasteiger partial charge in [0.15, 0.2) is 6.61 Å². The first-order chi connectivity index (χ1) is 15.7. The summed E-state index contributed by atoms with van der Waals surface area (Å²) in [5, 5.41) is 2.69. The molecule has 1 heterocycles. The number of aromatic nitrogens is 2. The van der Waals surface area contributed by atoms with Crippen LogP contribution >= 0.6 is 15.9 Å². The van der Waals surface area contributed by atoms with E-state index in [0.717, 1.165) is 17.3 Å². The minimum absolute atomic E-state index is 0.0101. The molecular weight excluding hydrogens is 508 g/mol. The summed E-state index contributed by atoms with van der Waals surface area (Å²) in [7, 11) is -3.87. The Labute approximate surface area is 202 Å². The van der Waals surface area contributed by atoms with E-state index >= 15 is 0 Å². The number of hydrogen-bond donors (Lipinski definition) is 2. The summed E-state index contributed by atoms with van der Waals surface area (Å²) in [6.07, 6.45) is 2.02. The van der Waals surface area contributed by atoms with Crippen LogP contribution in [0.4, 0.5) is 11.6 Å². The maximum Gasteiger partial charge on any atom is 0.264 e. The van der Waals surface area contributed by atoms with E-state index < -0.39 is 10.0 Å². The molecular formula is C23H25BrN4O4S. The molecule has 0 fully saturated rings. The number of amides is 1. The van der Waals surface area contributed by atoms with Crippen molar-refractivity contribution >= 4 is 43.5 Å². The number of rotatable bonds is 9. The maximum absolute atomic E-state index is 12.6. The lowest BCUT2D eigenvalue weighted by Crippen LogP contribution is -2.20. The Kier molecular flexibility index (Phi) is 8.04. The highest BCUT2D eigenvalue weighted by Gasteiger charge is 2.16. The molecule has 8 nitrogen and oxygen atoms in total. The second-order valence-corrected chi connectivity index (χ2v) is 9.99. The number of carbonyl (C=O) groups is 1. The van der Waals surface area contributed by atoms with Crippen molar-refractivity contribution in [1.82, 2.24) is 9.97 Å². The number of aryl methyl sites for hydroxylation is 3. The summed E-state index contributed by atoms with van der Waals surface area (Å²) in [6, 6.07) is 13.3. The van der Waals surface area contributed by atoms with Crippen LogP contribution in [0.5, 0.6) is 5.75 Å². The van der Waals surface area contributed by atoms with Gasteiger partial charge in [0.25, 0.3) is 15.9 Å². The normalized spacial score (nSPS) is 11.2. The number of hydrogen-bond acceptors (Lipinski definition) is 6. The molecule has 0 saturated carbocycles. The number of benzene rings is 2. The quantitative estimate of drug-likeness (QED) is 0.415. The van der Waals surface area contributed by atoms with Gasteiger partial charge >= 0.3 is 0 Å². The van der Waals surface area contributed by atoms with Crippen LogP contribution in [0.15, 0.2) is 57.9 Å². The number of anilines is 2. The van der Waals surface area contributed by atoms with E-state index in [0.29, 0.717) is 22.8 Å². The van der Waals surface area contributed by atoms with Gasteiger partial charge in [-0.1, -0.05) is 19.4 Å². The molecule has 0 bridgehead atoms. The number of halogens is 1. The van der Waals surface area contributed by atoms with Crippen LogP contribution in [0.1, 0.15) is 30.3 Å². The Balaban J connectivity index is 1.59. The van der Waals surface area contributed by atoms with Crippen molar-refractivity contribution < 1.29 is 17.9 Å². The monoisotopic (exact) mass is 532 g/mol. The molecule has 1 aromatic heterocycles. The van der Waals surface area contributed by atoms with Crippen molar-refractivity contribution in [1.29, 1.82) is 0 Å². The van der Waals surface area contributed by atoms with Gasteiger partial charge in [-0.25, -0.2) is 23.1 Å². The fraction of sp³-hybridized carbons (Fsp3) is 0.261. The van der Waals surface area contributed by atoms with E-state index in [-0.39, 0.29) is 23.4 Å². The Bertz CT molecular complexity index is 1230. The first kappa shape index (κ1) is 24.7. The Morgan fingerprint density at radius 2 is 1.70 bits per heavy atom. The fourth-order valence-electron chi connectivity index (χ4n) is 3.11. The highest BCUT2D eigenvalue weighted by atomic mass is 79.9. The predicted molar refractivity (Wildman–Crippen MR) is 131 cm³/mol. The summed E-state index contributed by atoms with van der Waals surface area (Å²) in [5.41, 5.74) is 2.95. The van der Waals surface area contributed by atoms with Gasteiger partial charge in [0, 0.05) is 17.1 Å². The minimum atomic E-state index is -3.87. The first-order valence-corrected chi connectivity index (χ1v) is 12.6. The fourth-order valence-corrected chi connectivity index (χ4v) is 4.60. The first-order valence-electron chi connectivity index (χ1n) is 10.3. The van der Waals surface area contributed by atoms with E-state index in [1.807, 2.05) is 18.2 Å². The van der Waals surface area contributed by atoms with Gasteiger partial charge in [0.2, 0.25) is 5.95 Å². The SMILES string of the molecule is CCCc1ccc(OCC(=O)Nc2ccc(S(=O)(=O)Nc3nc(C)cc(C)n3)cc2)c(Br)c1. The van der Waals surface area contributed by atoms with Crippen molar-refractivity contribution in [2.75, 3.05) is 16.6 Å². The Hall–Kier alpha value is -2.98. The highest BCUT2D eigenvalue weighted by molar-refractivity contribution is 9.10. The van der Waals surface area contributed by atoms with Crippen molar-refractivity contribution in [3.8, 4) is 5.75 Å². The molecule has 1 amide bonds. The van der Waals surface area contributed by atoms with Gasteiger partial charge in [0.1, 0.15) is 5.75 Å². The summed E-state index contributed by atoms with van der Waals surface area (Å²) >= 11 is 3.46. The zero-order valence-electron chi connectivity index (χ0n) is 18.6. The molecule has 0 aliphatic carbocycles. The number of sulfonamides is 1. The molecule has 0 aliphatic rings. The van der Waals surface area contributed by atoms with E-state index in [1.165, 1.54) is 29.8 Å². The molecule has 0 saturated heterocycles. The van der Waals surface area contributed by atoms with Crippen LogP contribution in [0.25, 0.3) is 0 Å². The number of carbonyl (C=O) groups excluding carboxylic acids is 1. The lowest BCUT2D eigenvalue weighted by Gasteiger charge is -2.11. The molecule has 3 rings (SSSR count). The summed E-state index contributed by atoms with van der Waals surface area (Å²) in [6.45, 7) is 5.44. The van der Waals surface area contributed by atoms with Gasteiger partial charge in [-0.3, -0.25) is 4.79 Å². The average Bonchev–Trinajstić information content (AvgIpc) is 2.73. The molecule has 0 atom stereocenters. The lowest BCUT2D eigenvalue weighted by molar-refractivity contribution is -0.118. The van der Waals surface area contributed by atoms with Crippen molar-refractivity contribution in [2.24, 2.45) is 0 Å². The third-order valence-electron chi connectivity index (χ3n) is 4.55. The topological polar surface area (TPSA) is 110 Å². The highest BCUT2D eigenvalue weighted by Crippen LogP contribution is 2.26. The van der Waals surface area contributed by atoms with Crippen LogP contribution in [0.3, 0.4) is 0 Å². The Morgan fingerprint density at radius 3 is 2.30 bits per heavy atom. The van der Waals surface area contributed by atoms with Crippen LogP contribution in [-0.2, 0) is 21.2 Å². The standard InChI is InChI=1S/C23H25BrN4O4S/c1-4-5-17-6-11-21(20(24)13-17)32-14-22(29)27-18-7-9-19(10-8-18)33(30,31)28-23-25-15(2)12-16(3)26-23/h6-13H,4-5,14H2,1-3H3,(H,27,29)(H,25,26,28). The smallest absolute Gasteiger partial charge is 0.264 e. The van der Waals surface area contributed by atoms with Crippen LogP contribution in [-0.4, -0.2) is 30.9 Å². The van der Waals surface area contributed by atoms with Gasteiger partial charge < -0.3 is 10.1 Å². The van der Waals surface area contributed by atoms with E-state index in [4.69, 9.17) is 4.74 Å². The number of nitrogens with one attached hydrogen (secondary N) is 2. The molecule has 0 radical (unpaired) electrons. The average molecular weight is 533 g/mol. The third kappa shape index (κ3) is 7.00. The van der Waals surface area contributed by atoms with E-state index in [9.17, 15) is 13.2 Å². The molecule has 10 heteroatoms. The second-order valence-electron chi connectivity index (χ2n) is 7.46. The molecule has 174 valence electrons. The second kappa shape index (κ2) is 10.8. The lowest BCUT2D eigenvalue weighted by atomic mass is 10.1. The zero-order valence-corrected chi connectivity index (χ0v) is 21.0. The summed E-state index contributed by atoms with van der Waals surface area (Å²) < 4.78 is 34.0. The summed E-state index contributed by atoms with van der Waals surface area (Å²) in [4.78, 5) is 20.5. The minimum Gasteiger partial charge on any atom is -0.483 e. The number of nitrogens with zero attached hydrogens (tertiary/aromatic N) is 2. The van der Waals surface area contributed by atoms with Crippen molar-refractivity contribution in [2.45, 2.75) is 38.5 Å². The molecule has 0 unspecified atom stereocenters. The van der Waals surface area contributed by atoms with Gasteiger partial charge in [-0.2, -0.15) is 0 Å². The molecule has 0 spiro atoms. The van der Waals surface area contributed by atoms with E-state index in [2.05, 4.69) is 42.9 Å². The van der Waals surface area contributed by atoms with E-state index in [1.54, 1.807) is 19.9 Å². The maximum atomic E-state index is 12.6. The predicted octanol–water partition coefficient (Wildman–Crippen LogP) is 4.63. The van der Waals surface area contributed by atoms with Crippen molar-refractivity contribution in [3.05, 3.63) is 70.0 Å². The number of ether oxygens (including phenoxy) is 1. The molecule has 2 N–H and O–H groups in total. The van der Waals surface area contributed by atoms with Crippen LogP contribution in [0.2, 0.25) is 0 Å². The van der Waals surface area contributed by atoms with Crippen molar-refractivity contribution in [3.63, 3.8) is 0 Å². The molecule has 3 aromatic rings. The third-order valence-corrected chi connectivity index (χ3v) is 6.51. The van der Waals surface area contributed by atoms with Crippen LogP contribution < -0.4 is 14.8 Å². The molecule has 33 heavy (non-hydrogen) atoms. The summed E-state index contributed by atoms with van der Waals surface area (Å²) in [5.74, 6) is 0.221. The zero-order chi connectivity index (χ0) is 24.0. The van der Waals surface area contributed by atoms with Gasteiger partial charge in [-0.15, -0.1) is 0 Å². The van der Waals surface area contributed by atoms with Gasteiger partial charge in [0.05, 0.1) is 9.37 Å². The Morgan fingerprint density at radius 1 is 1.03 bits per heavy atom. The molecule has 2 aromatic carbocycles.